The summed E-state index contributed by atoms with van der Waals surface area (Å²) >= 11 is 0. The first-order valence-corrected chi connectivity index (χ1v) is 5.64. The molecular weight excluding hydrogens is 210 g/mol. The highest BCUT2D eigenvalue weighted by atomic mass is 16.5. The van der Waals surface area contributed by atoms with E-state index in [-0.39, 0.29) is 12.0 Å². The van der Waals surface area contributed by atoms with Crippen LogP contribution in [0.25, 0.3) is 0 Å². The fraction of sp³-hybridized carbons (Fsp3) is 0.818. The van der Waals surface area contributed by atoms with Crippen molar-refractivity contribution < 1.29 is 19.4 Å². The van der Waals surface area contributed by atoms with E-state index in [0.717, 1.165) is 19.4 Å². The molecule has 2 atom stereocenters. The van der Waals surface area contributed by atoms with Gasteiger partial charge in [0, 0.05) is 13.2 Å². The lowest BCUT2D eigenvalue weighted by atomic mass is 9.95. The number of carboxylic acid groups (broad SMARTS) is 1. The molecule has 0 aromatic rings. The molecule has 0 saturated carbocycles. The fourth-order valence-electron chi connectivity index (χ4n) is 1.83. The first kappa shape index (κ1) is 13.0. The number of carbonyl (C=O) groups excluding carboxylic acids is 1. The maximum atomic E-state index is 11.6. The Balaban J connectivity index is 2.39. The van der Waals surface area contributed by atoms with Gasteiger partial charge in [0.25, 0.3) is 0 Å². The minimum atomic E-state index is -1.07. The van der Waals surface area contributed by atoms with Gasteiger partial charge in [0.15, 0.2) is 0 Å². The normalized spacial score (nSPS) is 22.1. The van der Waals surface area contributed by atoms with Crippen molar-refractivity contribution in [2.75, 3.05) is 13.2 Å². The van der Waals surface area contributed by atoms with Crippen LogP contribution in [0, 0.1) is 11.8 Å². The van der Waals surface area contributed by atoms with Crippen LogP contribution in [-0.2, 0) is 14.3 Å². The highest BCUT2D eigenvalue weighted by Crippen LogP contribution is 2.13. The van der Waals surface area contributed by atoms with Gasteiger partial charge in [0.2, 0.25) is 5.91 Å². The standard InChI is InChI=1S/C11H19NO4/c1-7(2)9(11(14)15)10(13)12-6-8-4-3-5-16-8/h7-9H,3-6H2,1-2H3,(H,12,13)(H,14,15). The van der Waals surface area contributed by atoms with Crippen LogP contribution in [0.3, 0.4) is 0 Å². The number of amides is 1. The lowest BCUT2D eigenvalue weighted by Gasteiger charge is -2.17. The van der Waals surface area contributed by atoms with E-state index in [9.17, 15) is 9.59 Å². The summed E-state index contributed by atoms with van der Waals surface area (Å²) in [6.07, 6.45) is 1.98. The highest BCUT2D eigenvalue weighted by Gasteiger charge is 2.30. The number of rotatable bonds is 5. The molecule has 5 heteroatoms. The van der Waals surface area contributed by atoms with Crippen LogP contribution in [0.1, 0.15) is 26.7 Å². The minimum absolute atomic E-state index is 0.0468. The van der Waals surface area contributed by atoms with Crippen LogP contribution in [0.4, 0.5) is 0 Å². The molecule has 1 saturated heterocycles. The van der Waals surface area contributed by atoms with Gasteiger partial charge in [-0.1, -0.05) is 13.8 Å². The van der Waals surface area contributed by atoms with Crippen LogP contribution < -0.4 is 5.32 Å². The zero-order valence-electron chi connectivity index (χ0n) is 9.73. The number of hydrogen-bond donors (Lipinski definition) is 2. The first-order chi connectivity index (χ1) is 7.52. The van der Waals surface area contributed by atoms with Gasteiger partial charge in [0.1, 0.15) is 5.92 Å². The summed E-state index contributed by atoms with van der Waals surface area (Å²) in [7, 11) is 0. The molecule has 92 valence electrons. The third-order valence-electron chi connectivity index (χ3n) is 2.74. The van der Waals surface area contributed by atoms with Crippen molar-refractivity contribution in [3.63, 3.8) is 0 Å². The maximum Gasteiger partial charge on any atom is 0.316 e. The molecule has 0 aromatic carbocycles. The molecule has 0 spiro atoms. The van der Waals surface area contributed by atoms with Crippen molar-refractivity contribution in [1.82, 2.24) is 5.32 Å². The van der Waals surface area contributed by atoms with Crippen LogP contribution in [-0.4, -0.2) is 36.2 Å². The molecule has 1 fully saturated rings. The van der Waals surface area contributed by atoms with Crippen molar-refractivity contribution in [3.8, 4) is 0 Å². The Morgan fingerprint density at radius 3 is 2.62 bits per heavy atom. The van der Waals surface area contributed by atoms with Crippen LogP contribution in [0.15, 0.2) is 0 Å². The molecule has 0 radical (unpaired) electrons. The van der Waals surface area contributed by atoms with Gasteiger partial charge in [-0.25, -0.2) is 0 Å². The second-order valence-electron chi connectivity index (χ2n) is 4.44. The van der Waals surface area contributed by atoms with E-state index in [1.165, 1.54) is 0 Å². The van der Waals surface area contributed by atoms with Gasteiger partial charge < -0.3 is 15.2 Å². The Kier molecular flexibility index (Phi) is 4.73. The summed E-state index contributed by atoms with van der Waals surface area (Å²) in [5.41, 5.74) is 0. The molecule has 0 bridgehead atoms. The fourth-order valence-corrected chi connectivity index (χ4v) is 1.83. The van der Waals surface area contributed by atoms with Crippen molar-refractivity contribution in [2.45, 2.75) is 32.8 Å². The first-order valence-electron chi connectivity index (χ1n) is 5.64. The van der Waals surface area contributed by atoms with Gasteiger partial charge >= 0.3 is 5.97 Å². The zero-order valence-corrected chi connectivity index (χ0v) is 9.73. The average molecular weight is 229 g/mol. The Morgan fingerprint density at radius 1 is 1.50 bits per heavy atom. The molecule has 16 heavy (non-hydrogen) atoms. The van der Waals surface area contributed by atoms with Crippen molar-refractivity contribution in [3.05, 3.63) is 0 Å². The molecule has 0 aromatic heterocycles. The summed E-state index contributed by atoms with van der Waals surface area (Å²) in [4.78, 5) is 22.5. The van der Waals surface area contributed by atoms with Crippen molar-refractivity contribution >= 4 is 11.9 Å². The largest absolute Gasteiger partial charge is 0.481 e. The van der Waals surface area contributed by atoms with Gasteiger partial charge in [-0.15, -0.1) is 0 Å². The predicted molar refractivity (Wildman–Crippen MR) is 57.9 cm³/mol. The van der Waals surface area contributed by atoms with Crippen LogP contribution >= 0.6 is 0 Å². The Morgan fingerprint density at radius 2 is 2.19 bits per heavy atom. The molecule has 1 amide bonds. The third kappa shape index (κ3) is 3.48. The van der Waals surface area contributed by atoms with Gasteiger partial charge in [-0.05, 0) is 18.8 Å². The van der Waals surface area contributed by atoms with E-state index < -0.39 is 17.8 Å². The molecule has 1 aliphatic rings. The average Bonchev–Trinajstić information content (AvgIpc) is 2.65. The summed E-state index contributed by atoms with van der Waals surface area (Å²) in [6, 6.07) is 0. The van der Waals surface area contributed by atoms with Gasteiger partial charge in [0.05, 0.1) is 6.10 Å². The second kappa shape index (κ2) is 5.84. The number of nitrogens with one attached hydrogen (secondary N) is 1. The molecule has 2 N–H and O–H groups in total. The van der Waals surface area contributed by atoms with E-state index in [1.807, 2.05) is 0 Å². The lowest BCUT2D eigenvalue weighted by Crippen LogP contribution is -2.41. The van der Waals surface area contributed by atoms with Crippen molar-refractivity contribution in [1.29, 1.82) is 0 Å². The quantitative estimate of drug-likeness (QED) is 0.678. The Hall–Kier alpha value is -1.10. The van der Waals surface area contributed by atoms with E-state index in [2.05, 4.69) is 5.32 Å². The summed E-state index contributed by atoms with van der Waals surface area (Å²) in [6.45, 7) is 4.59. The van der Waals surface area contributed by atoms with Crippen molar-refractivity contribution in [2.24, 2.45) is 11.8 Å². The minimum Gasteiger partial charge on any atom is -0.481 e. The second-order valence-corrected chi connectivity index (χ2v) is 4.44. The number of carboxylic acids is 1. The number of carbonyl (C=O) groups is 2. The van der Waals surface area contributed by atoms with E-state index in [0.29, 0.717) is 6.54 Å². The topological polar surface area (TPSA) is 75.6 Å². The molecule has 2 unspecified atom stereocenters. The maximum absolute atomic E-state index is 11.6. The molecule has 5 nitrogen and oxygen atoms in total. The van der Waals surface area contributed by atoms with E-state index in [4.69, 9.17) is 9.84 Å². The third-order valence-corrected chi connectivity index (χ3v) is 2.74. The predicted octanol–water partition coefficient (Wildman–Crippen LogP) is 0.638. The monoisotopic (exact) mass is 229 g/mol. The van der Waals surface area contributed by atoms with E-state index >= 15 is 0 Å². The molecular formula is C11H19NO4. The van der Waals surface area contributed by atoms with Gasteiger partial charge in [-0.3, -0.25) is 9.59 Å². The summed E-state index contributed by atoms with van der Waals surface area (Å²) < 4.78 is 5.34. The summed E-state index contributed by atoms with van der Waals surface area (Å²) in [5, 5.41) is 11.6. The highest BCUT2D eigenvalue weighted by molar-refractivity contribution is 5.97. The summed E-state index contributed by atoms with van der Waals surface area (Å²) in [5.74, 6) is -2.67. The Bertz CT molecular complexity index is 259. The number of aliphatic carboxylic acids is 1. The zero-order chi connectivity index (χ0) is 12.1. The van der Waals surface area contributed by atoms with Crippen LogP contribution in [0.5, 0.6) is 0 Å². The van der Waals surface area contributed by atoms with E-state index in [1.54, 1.807) is 13.8 Å². The van der Waals surface area contributed by atoms with Crippen LogP contribution in [0.2, 0.25) is 0 Å². The SMILES string of the molecule is CC(C)C(C(=O)O)C(=O)NCC1CCCO1. The molecule has 1 heterocycles. The van der Waals surface area contributed by atoms with Gasteiger partial charge in [-0.2, -0.15) is 0 Å². The number of ether oxygens (including phenoxy) is 1. The number of hydrogen-bond acceptors (Lipinski definition) is 3. The molecule has 1 aliphatic heterocycles. The Labute approximate surface area is 95.2 Å². The molecule has 1 rings (SSSR count). The molecule has 0 aliphatic carbocycles. The smallest absolute Gasteiger partial charge is 0.316 e. The lowest BCUT2D eigenvalue weighted by molar-refractivity contribution is -0.149.